The predicted octanol–water partition coefficient (Wildman–Crippen LogP) is 6.21. The largest absolute Gasteiger partial charge is 0.466 e. The highest BCUT2D eigenvalue weighted by Crippen LogP contribution is 2.31. The van der Waals surface area contributed by atoms with Crippen molar-refractivity contribution in [3.05, 3.63) is 77.9 Å². The van der Waals surface area contributed by atoms with Crippen molar-refractivity contribution in [1.29, 1.82) is 0 Å². The topological polar surface area (TPSA) is 49.9 Å². The number of hydrogen-bond donors (Lipinski definition) is 0. The molecular weight excluding hydrogens is 436 g/mol. The van der Waals surface area contributed by atoms with Crippen LogP contribution in [-0.2, 0) is 20.9 Å². The van der Waals surface area contributed by atoms with Crippen LogP contribution >= 0.6 is 0 Å². The van der Waals surface area contributed by atoms with Crippen molar-refractivity contribution in [3.8, 4) is 0 Å². The summed E-state index contributed by atoms with van der Waals surface area (Å²) in [5.74, 6) is -0.178. The van der Waals surface area contributed by atoms with Gasteiger partial charge in [-0.15, -0.1) is 0 Å². The Labute approximate surface area is 208 Å². The molecule has 1 aliphatic carbocycles. The van der Waals surface area contributed by atoms with E-state index in [9.17, 15) is 9.59 Å². The van der Waals surface area contributed by atoms with Gasteiger partial charge < -0.3 is 14.5 Å². The Bertz CT molecular complexity index is 1230. The van der Waals surface area contributed by atoms with Crippen LogP contribution in [0.1, 0.15) is 43.2 Å². The molecule has 0 aromatic heterocycles. The number of esters is 1. The van der Waals surface area contributed by atoms with E-state index in [-0.39, 0.29) is 11.8 Å². The minimum absolute atomic E-state index is 0.0466. The number of amides is 1. The summed E-state index contributed by atoms with van der Waals surface area (Å²) in [4.78, 5) is 29.5. The number of carbonyl (C=O) groups is 2. The quantitative estimate of drug-likeness (QED) is 0.304. The van der Waals surface area contributed by atoms with Crippen LogP contribution in [0.15, 0.2) is 66.7 Å². The Hall–Kier alpha value is -3.60. The lowest BCUT2D eigenvalue weighted by atomic mass is 9.88. The van der Waals surface area contributed by atoms with Gasteiger partial charge in [0.25, 0.3) is 0 Å². The second-order valence-electron chi connectivity index (χ2n) is 9.43. The van der Waals surface area contributed by atoms with Crippen LogP contribution in [0.3, 0.4) is 0 Å². The van der Waals surface area contributed by atoms with E-state index in [2.05, 4.69) is 41.3 Å². The second kappa shape index (κ2) is 11.2. The van der Waals surface area contributed by atoms with E-state index >= 15 is 0 Å². The maximum atomic E-state index is 13.9. The molecule has 0 saturated heterocycles. The summed E-state index contributed by atoms with van der Waals surface area (Å²) in [6.45, 7) is 0.494. The van der Waals surface area contributed by atoms with Crippen LogP contribution in [-0.4, -0.2) is 33.1 Å². The lowest BCUT2D eigenvalue weighted by Gasteiger charge is -2.30. The van der Waals surface area contributed by atoms with Gasteiger partial charge in [0.1, 0.15) is 0 Å². The highest BCUT2D eigenvalue weighted by Gasteiger charge is 2.27. The van der Waals surface area contributed by atoms with Crippen LogP contribution in [0, 0.1) is 5.92 Å². The van der Waals surface area contributed by atoms with Gasteiger partial charge >= 0.3 is 5.97 Å². The molecule has 0 spiro atoms. The van der Waals surface area contributed by atoms with Crippen molar-refractivity contribution in [2.75, 3.05) is 31.0 Å². The van der Waals surface area contributed by atoms with Gasteiger partial charge in [-0.2, -0.15) is 0 Å². The molecule has 35 heavy (non-hydrogen) atoms. The number of ether oxygens (including phenoxy) is 1. The van der Waals surface area contributed by atoms with Crippen molar-refractivity contribution >= 4 is 40.1 Å². The van der Waals surface area contributed by atoms with Gasteiger partial charge in [-0.3, -0.25) is 4.79 Å². The highest BCUT2D eigenvalue weighted by molar-refractivity contribution is 5.97. The maximum Gasteiger partial charge on any atom is 0.330 e. The van der Waals surface area contributed by atoms with Crippen LogP contribution < -0.4 is 9.80 Å². The predicted molar refractivity (Wildman–Crippen MR) is 144 cm³/mol. The molecular formula is C30H34N2O3. The van der Waals surface area contributed by atoms with Gasteiger partial charge in [-0.1, -0.05) is 55.7 Å². The molecule has 1 aliphatic rings. The average molecular weight is 471 g/mol. The molecule has 1 fully saturated rings. The number of carbonyl (C=O) groups excluding carboxylic acids is 2. The third kappa shape index (κ3) is 5.91. The standard InChI is InChI=1S/C30H34N2O3/c1-31(2)26-17-16-23-12-8-13-25(28(23)20-26)21-32(30(34)24-10-5-4-6-11-24)27-14-7-9-22(19-27)15-18-29(33)35-3/h7-9,12-20,24H,4-6,10-11,21H2,1-3H3/b18-15+. The molecule has 5 nitrogen and oxygen atoms in total. The minimum atomic E-state index is -0.405. The first kappa shape index (κ1) is 24.5. The summed E-state index contributed by atoms with van der Waals surface area (Å²) in [5.41, 5.74) is 3.94. The van der Waals surface area contributed by atoms with Crippen LogP contribution in [0.2, 0.25) is 0 Å². The molecule has 5 heteroatoms. The first-order valence-corrected chi connectivity index (χ1v) is 12.3. The van der Waals surface area contributed by atoms with Crippen molar-refractivity contribution in [2.45, 2.75) is 38.6 Å². The Morgan fingerprint density at radius 3 is 2.46 bits per heavy atom. The molecule has 182 valence electrons. The van der Waals surface area contributed by atoms with Crippen molar-refractivity contribution in [3.63, 3.8) is 0 Å². The normalized spacial score (nSPS) is 14.3. The summed E-state index contributed by atoms with van der Waals surface area (Å²) in [5, 5.41) is 2.31. The van der Waals surface area contributed by atoms with Gasteiger partial charge in [0, 0.05) is 37.5 Å². The zero-order chi connectivity index (χ0) is 24.8. The van der Waals surface area contributed by atoms with Gasteiger partial charge in [0.2, 0.25) is 5.91 Å². The van der Waals surface area contributed by atoms with Gasteiger partial charge in [-0.05, 0) is 65.1 Å². The van der Waals surface area contributed by atoms with E-state index in [0.717, 1.165) is 59.0 Å². The summed E-state index contributed by atoms with van der Waals surface area (Å²) in [6, 6.07) is 20.5. The SMILES string of the molecule is COC(=O)/C=C/c1cccc(N(Cc2cccc3ccc(N(C)C)cc23)C(=O)C2CCCCC2)c1. The molecule has 0 atom stereocenters. The molecule has 0 heterocycles. The first-order chi connectivity index (χ1) is 17.0. The maximum absolute atomic E-state index is 13.9. The van der Waals surface area contributed by atoms with E-state index in [4.69, 9.17) is 4.74 Å². The Morgan fingerprint density at radius 2 is 1.71 bits per heavy atom. The third-order valence-electron chi connectivity index (χ3n) is 6.82. The Balaban J connectivity index is 1.74. The Kier molecular flexibility index (Phi) is 7.86. The minimum Gasteiger partial charge on any atom is -0.466 e. The molecule has 0 radical (unpaired) electrons. The van der Waals surface area contributed by atoms with E-state index in [1.165, 1.54) is 19.6 Å². The van der Waals surface area contributed by atoms with Crippen molar-refractivity contribution in [2.24, 2.45) is 5.92 Å². The molecule has 4 rings (SSSR count). The molecule has 0 aliphatic heterocycles. The lowest BCUT2D eigenvalue weighted by molar-refractivity contribution is -0.134. The molecule has 0 bridgehead atoms. The first-order valence-electron chi connectivity index (χ1n) is 12.3. The van der Waals surface area contributed by atoms with Gasteiger partial charge in [0.05, 0.1) is 13.7 Å². The number of benzene rings is 3. The number of methoxy groups -OCH3 is 1. The monoisotopic (exact) mass is 470 g/mol. The Morgan fingerprint density at radius 1 is 0.943 bits per heavy atom. The summed E-state index contributed by atoms with van der Waals surface area (Å²) in [7, 11) is 5.44. The molecule has 3 aromatic carbocycles. The molecule has 1 amide bonds. The van der Waals surface area contributed by atoms with E-state index in [1.54, 1.807) is 6.08 Å². The fourth-order valence-electron chi connectivity index (χ4n) is 4.81. The van der Waals surface area contributed by atoms with E-state index in [1.807, 2.05) is 43.3 Å². The number of fused-ring (bicyclic) bond motifs is 1. The van der Waals surface area contributed by atoms with Gasteiger partial charge in [0.15, 0.2) is 0 Å². The molecule has 1 saturated carbocycles. The summed E-state index contributed by atoms with van der Waals surface area (Å²) in [6.07, 6.45) is 8.42. The smallest absolute Gasteiger partial charge is 0.330 e. The van der Waals surface area contributed by atoms with Crippen LogP contribution in [0.25, 0.3) is 16.8 Å². The average Bonchev–Trinajstić information content (AvgIpc) is 2.90. The fourth-order valence-corrected chi connectivity index (χ4v) is 4.81. The number of rotatable bonds is 7. The summed E-state index contributed by atoms with van der Waals surface area (Å²) >= 11 is 0. The highest BCUT2D eigenvalue weighted by atomic mass is 16.5. The van der Waals surface area contributed by atoms with Crippen LogP contribution in [0.4, 0.5) is 11.4 Å². The molecule has 0 unspecified atom stereocenters. The van der Waals surface area contributed by atoms with Crippen molar-refractivity contribution in [1.82, 2.24) is 0 Å². The van der Waals surface area contributed by atoms with Crippen molar-refractivity contribution < 1.29 is 14.3 Å². The molecule has 0 N–H and O–H groups in total. The fraction of sp³-hybridized carbons (Fsp3) is 0.333. The second-order valence-corrected chi connectivity index (χ2v) is 9.43. The summed E-state index contributed by atoms with van der Waals surface area (Å²) < 4.78 is 4.72. The number of hydrogen-bond acceptors (Lipinski definition) is 4. The van der Waals surface area contributed by atoms with Crippen LogP contribution in [0.5, 0.6) is 0 Å². The zero-order valence-electron chi connectivity index (χ0n) is 20.9. The number of nitrogens with zero attached hydrogens (tertiary/aromatic N) is 2. The van der Waals surface area contributed by atoms with E-state index in [0.29, 0.717) is 6.54 Å². The zero-order valence-corrected chi connectivity index (χ0v) is 20.9. The lowest BCUT2D eigenvalue weighted by Crippen LogP contribution is -2.36. The molecule has 3 aromatic rings. The van der Waals surface area contributed by atoms with E-state index < -0.39 is 5.97 Å². The van der Waals surface area contributed by atoms with Gasteiger partial charge in [-0.25, -0.2) is 4.79 Å². The number of anilines is 2. The third-order valence-corrected chi connectivity index (χ3v) is 6.82.